The SMILES string of the molecule is COc1ccc(CCNC(=O)CCS(=O)(=O)c2ccc(C)cc2)cc1OC(F)F. The topological polar surface area (TPSA) is 81.7 Å². The number of nitrogens with one attached hydrogen (secondary N) is 1. The summed E-state index contributed by atoms with van der Waals surface area (Å²) in [6, 6.07) is 11.0. The quantitative estimate of drug-likeness (QED) is 0.630. The van der Waals surface area contributed by atoms with Gasteiger partial charge in [-0.25, -0.2) is 8.42 Å². The summed E-state index contributed by atoms with van der Waals surface area (Å²) in [5.41, 5.74) is 1.61. The van der Waals surface area contributed by atoms with Crippen LogP contribution in [-0.4, -0.2) is 40.3 Å². The minimum Gasteiger partial charge on any atom is -0.493 e. The van der Waals surface area contributed by atoms with Gasteiger partial charge in [0.1, 0.15) is 0 Å². The van der Waals surface area contributed by atoms with Crippen molar-refractivity contribution in [2.75, 3.05) is 19.4 Å². The van der Waals surface area contributed by atoms with Crippen molar-refractivity contribution >= 4 is 15.7 Å². The highest BCUT2D eigenvalue weighted by Crippen LogP contribution is 2.29. The van der Waals surface area contributed by atoms with Crippen LogP contribution in [0.4, 0.5) is 8.78 Å². The number of halogens is 2. The summed E-state index contributed by atoms with van der Waals surface area (Å²) in [6.45, 7) is -0.895. The van der Waals surface area contributed by atoms with E-state index in [2.05, 4.69) is 10.1 Å². The lowest BCUT2D eigenvalue weighted by Crippen LogP contribution is -2.27. The molecule has 1 N–H and O–H groups in total. The molecule has 1 amide bonds. The Balaban J connectivity index is 1.84. The molecule has 0 aliphatic rings. The lowest BCUT2D eigenvalue weighted by atomic mass is 10.1. The van der Waals surface area contributed by atoms with Gasteiger partial charge in [-0.1, -0.05) is 23.8 Å². The zero-order valence-corrected chi connectivity index (χ0v) is 17.0. The fourth-order valence-electron chi connectivity index (χ4n) is 2.59. The van der Waals surface area contributed by atoms with Crippen molar-refractivity contribution in [2.24, 2.45) is 0 Å². The zero-order chi connectivity index (χ0) is 21.4. The molecular formula is C20H23F2NO5S. The Labute approximate surface area is 168 Å². The van der Waals surface area contributed by atoms with E-state index in [1.54, 1.807) is 18.2 Å². The highest BCUT2D eigenvalue weighted by atomic mass is 32.2. The molecule has 0 unspecified atom stereocenters. The zero-order valence-electron chi connectivity index (χ0n) is 16.2. The second-order valence-electron chi connectivity index (χ2n) is 6.35. The first-order chi connectivity index (χ1) is 13.7. The molecule has 0 aliphatic carbocycles. The van der Waals surface area contributed by atoms with Crippen molar-refractivity contribution in [3.63, 3.8) is 0 Å². The first kappa shape index (κ1) is 22.6. The number of carbonyl (C=O) groups excluding carboxylic acids is 1. The number of hydrogen-bond acceptors (Lipinski definition) is 5. The number of benzene rings is 2. The molecule has 0 heterocycles. The van der Waals surface area contributed by atoms with Crippen LogP contribution in [0.15, 0.2) is 47.4 Å². The average molecular weight is 427 g/mol. The van der Waals surface area contributed by atoms with Crippen LogP contribution < -0.4 is 14.8 Å². The van der Waals surface area contributed by atoms with E-state index in [0.717, 1.165) is 5.56 Å². The first-order valence-electron chi connectivity index (χ1n) is 8.89. The molecule has 0 fully saturated rings. The molecule has 2 aromatic rings. The Kier molecular flexibility index (Phi) is 7.95. The molecule has 29 heavy (non-hydrogen) atoms. The molecule has 9 heteroatoms. The van der Waals surface area contributed by atoms with E-state index in [1.807, 2.05) is 6.92 Å². The van der Waals surface area contributed by atoms with E-state index in [-0.39, 0.29) is 35.1 Å². The number of rotatable bonds is 10. The molecular weight excluding hydrogens is 404 g/mol. The van der Waals surface area contributed by atoms with E-state index >= 15 is 0 Å². The van der Waals surface area contributed by atoms with Gasteiger partial charge in [0, 0.05) is 13.0 Å². The molecule has 0 saturated heterocycles. The fraction of sp³-hybridized carbons (Fsp3) is 0.350. The molecule has 6 nitrogen and oxygen atoms in total. The van der Waals surface area contributed by atoms with Crippen LogP contribution in [0.3, 0.4) is 0 Å². The van der Waals surface area contributed by atoms with Gasteiger partial charge < -0.3 is 14.8 Å². The van der Waals surface area contributed by atoms with Crippen molar-refractivity contribution in [3.05, 3.63) is 53.6 Å². The highest BCUT2D eigenvalue weighted by molar-refractivity contribution is 7.91. The van der Waals surface area contributed by atoms with Crippen molar-refractivity contribution in [3.8, 4) is 11.5 Å². The summed E-state index contributed by atoms with van der Waals surface area (Å²) >= 11 is 0. The second kappa shape index (κ2) is 10.2. The van der Waals surface area contributed by atoms with Crippen LogP contribution in [-0.2, 0) is 21.1 Å². The third-order valence-corrected chi connectivity index (χ3v) is 5.89. The highest BCUT2D eigenvalue weighted by Gasteiger charge is 2.16. The number of aryl methyl sites for hydroxylation is 1. The molecule has 0 aromatic heterocycles. The average Bonchev–Trinajstić information content (AvgIpc) is 2.66. The fourth-order valence-corrected chi connectivity index (χ4v) is 3.83. The normalized spacial score (nSPS) is 11.3. The standard InChI is InChI=1S/C20H23F2NO5S/c1-14-3-6-16(7-4-14)29(25,26)12-10-19(24)23-11-9-15-5-8-17(27-2)18(13-15)28-20(21)22/h3-8,13,20H,9-12H2,1-2H3,(H,23,24). The van der Waals surface area contributed by atoms with Gasteiger partial charge in [0.05, 0.1) is 17.8 Å². The van der Waals surface area contributed by atoms with E-state index < -0.39 is 22.4 Å². The first-order valence-corrected chi connectivity index (χ1v) is 10.5. The molecule has 2 rings (SSSR count). The molecule has 158 valence electrons. The monoisotopic (exact) mass is 427 g/mol. The van der Waals surface area contributed by atoms with E-state index in [4.69, 9.17) is 4.74 Å². The molecule has 0 aliphatic heterocycles. The number of alkyl halides is 2. The van der Waals surface area contributed by atoms with Crippen LogP contribution in [0.5, 0.6) is 11.5 Å². The third kappa shape index (κ3) is 7.01. The summed E-state index contributed by atoms with van der Waals surface area (Å²) in [5, 5.41) is 2.63. The van der Waals surface area contributed by atoms with E-state index in [0.29, 0.717) is 12.0 Å². The molecule has 0 saturated carbocycles. The Morgan fingerprint density at radius 1 is 1.10 bits per heavy atom. The Hall–Kier alpha value is -2.68. The van der Waals surface area contributed by atoms with Crippen LogP contribution >= 0.6 is 0 Å². The van der Waals surface area contributed by atoms with Crippen molar-refractivity contribution < 1.29 is 31.5 Å². The summed E-state index contributed by atoms with van der Waals surface area (Å²) in [5.74, 6) is -0.607. The maximum atomic E-state index is 12.5. The molecule has 2 aromatic carbocycles. The summed E-state index contributed by atoms with van der Waals surface area (Å²) in [4.78, 5) is 12.1. The number of sulfone groups is 1. The minimum absolute atomic E-state index is 0.0875. The molecule has 0 radical (unpaired) electrons. The van der Waals surface area contributed by atoms with Crippen molar-refractivity contribution in [1.29, 1.82) is 0 Å². The maximum absolute atomic E-state index is 12.5. The van der Waals surface area contributed by atoms with Gasteiger partial charge in [-0.05, 0) is 43.2 Å². The largest absolute Gasteiger partial charge is 0.493 e. The van der Waals surface area contributed by atoms with Gasteiger partial charge in [0.15, 0.2) is 21.3 Å². The van der Waals surface area contributed by atoms with E-state index in [1.165, 1.54) is 31.4 Å². The van der Waals surface area contributed by atoms with Crippen LogP contribution in [0.2, 0.25) is 0 Å². The van der Waals surface area contributed by atoms with Gasteiger partial charge in [-0.3, -0.25) is 4.79 Å². The van der Waals surface area contributed by atoms with Crippen LogP contribution in [0.1, 0.15) is 17.5 Å². The summed E-state index contributed by atoms with van der Waals surface area (Å²) < 4.78 is 58.8. The van der Waals surface area contributed by atoms with Gasteiger partial charge in [0.2, 0.25) is 5.91 Å². The maximum Gasteiger partial charge on any atom is 0.387 e. The van der Waals surface area contributed by atoms with Crippen LogP contribution in [0.25, 0.3) is 0 Å². The Morgan fingerprint density at radius 3 is 2.41 bits per heavy atom. The lowest BCUT2D eigenvalue weighted by molar-refractivity contribution is -0.120. The molecule has 0 spiro atoms. The van der Waals surface area contributed by atoms with Crippen molar-refractivity contribution in [1.82, 2.24) is 5.32 Å². The van der Waals surface area contributed by atoms with Crippen molar-refractivity contribution in [2.45, 2.75) is 31.3 Å². The Bertz CT molecular complexity index is 930. The number of ether oxygens (including phenoxy) is 2. The summed E-state index contributed by atoms with van der Waals surface area (Å²) in [6.07, 6.45) is 0.193. The number of methoxy groups -OCH3 is 1. The van der Waals surface area contributed by atoms with Crippen LogP contribution in [0, 0.1) is 6.92 Å². The molecule has 0 bridgehead atoms. The molecule has 0 atom stereocenters. The van der Waals surface area contributed by atoms with Gasteiger partial charge >= 0.3 is 6.61 Å². The minimum atomic E-state index is -3.54. The Morgan fingerprint density at radius 2 is 1.79 bits per heavy atom. The third-order valence-electron chi connectivity index (χ3n) is 4.16. The smallest absolute Gasteiger partial charge is 0.387 e. The predicted molar refractivity (Wildman–Crippen MR) is 104 cm³/mol. The van der Waals surface area contributed by atoms with Gasteiger partial charge in [-0.15, -0.1) is 0 Å². The van der Waals surface area contributed by atoms with Gasteiger partial charge in [0.25, 0.3) is 0 Å². The lowest BCUT2D eigenvalue weighted by Gasteiger charge is -2.12. The summed E-state index contributed by atoms with van der Waals surface area (Å²) in [7, 11) is -2.19. The number of hydrogen-bond donors (Lipinski definition) is 1. The number of amides is 1. The van der Waals surface area contributed by atoms with Gasteiger partial charge in [-0.2, -0.15) is 8.78 Å². The van der Waals surface area contributed by atoms with E-state index in [9.17, 15) is 22.0 Å². The second-order valence-corrected chi connectivity index (χ2v) is 8.45. The number of carbonyl (C=O) groups is 1. The predicted octanol–water partition coefficient (Wildman–Crippen LogP) is 3.13.